The smallest absolute Gasteiger partial charge is 0.188 e. The fourth-order valence-corrected chi connectivity index (χ4v) is 3.41. The number of hydrogen-bond acceptors (Lipinski definition) is 4. The van der Waals surface area contributed by atoms with Crippen LogP contribution in [0.1, 0.15) is 17.5 Å². The maximum atomic E-state index is 6.41. The standard InChI is InChI=1S/C18H21ClO4/c1-20-10-22-17-13-5-3-4-6-14(13)18(23-11-21-2)16-9-12(19)7-8-15(16)17/h3-6,12H,7-11H2,1-2H3. The van der Waals surface area contributed by atoms with Crippen LogP contribution < -0.4 is 9.47 Å². The third-order valence-electron chi connectivity index (χ3n) is 4.10. The zero-order valence-electron chi connectivity index (χ0n) is 13.4. The van der Waals surface area contributed by atoms with Crippen molar-refractivity contribution in [3.63, 3.8) is 0 Å². The van der Waals surface area contributed by atoms with Gasteiger partial charge < -0.3 is 18.9 Å². The van der Waals surface area contributed by atoms with Crippen molar-refractivity contribution in [2.24, 2.45) is 0 Å². The molecule has 1 aliphatic rings. The Kier molecular flexibility index (Phi) is 5.26. The van der Waals surface area contributed by atoms with E-state index in [-0.39, 0.29) is 19.0 Å². The molecule has 1 aliphatic carbocycles. The summed E-state index contributed by atoms with van der Waals surface area (Å²) in [5.74, 6) is 1.73. The van der Waals surface area contributed by atoms with Crippen LogP contribution in [0.4, 0.5) is 0 Å². The van der Waals surface area contributed by atoms with Gasteiger partial charge in [-0.3, -0.25) is 0 Å². The van der Waals surface area contributed by atoms with Crippen molar-refractivity contribution in [1.82, 2.24) is 0 Å². The van der Waals surface area contributed by atoms with E-state index in [4.69, 9.17) is 30.5 Å². The Morgan fingerprint density at radius 1 is 0.957 bits per heavy atom. The van der Waals surface area contributed by atoms with Crippen molar-refractivity contribution in [3.8, 4) is 11.5 Å². The highest BCUT2D eigenvalue weighted by atomic mass is 35.5. The van der Waals surface area contributed by atoms with Crippen molar-refractivity contribution in [1.29, 1.82) is 0 Å². The Morgan fingerprint density at radius 3 is 2.09 bits per heavy atom. The second-order valence-corrected chi connectivity index (χ2v) is 6.22. The molecule has 0 radical (unpaired) electrons. The summed E-state index contributed by atoms with van der Waals surface area (Å²) in [5, 5.41) is 2.16. The van der Waals surface area contributed by atoms with E-state index >= 15 is 0 Å². The lowest BCUT2D eigenvalue weighted by molar-refractivity contribution is 0.0486. The van der Waals surface area contributed by atoms with Crippen molar-refractivity contribution in [3.05, 3.63) is 35.4 Å². The summed E-state index contributed by atoms with van der Waals surface area (Å²) in [6.07, 6.45) is 2.57. The second kappa shape index (κ2) is 7.39. The largest absolute Gasteiger partial charge is 0.467 e. The number of benzene rings is 2. The number of ether oxygens (including phenoxy) is 4. The molecule has 0 spiro atoms. The molecule has 0 aromatic heterocycles. The molecule has 0 heterocycles. The van der Waals surface area contributed by atoms with Crippen molar-refractivity contribution in [2.45, 2.75) is 24.6 Å². The van der Waals surface area contributed by atoms with Gasteiger partial charge in [-0.15, -0.1) is 11.6 Å². The Hall–Kier alpha value is -1.49. The lowest BCUT2D eigenvalue weighted by Gasteiger charge is -2.27. The van der Waals surface area contributed by atoms with E-state index in [0.717, 1.165) is 47.1 Å². The predicted molar refractivity (Wildman–Crippen MR) is 90.6 cm³/mol. The lowest BCUT2D eigenvalue weighted by atomic mass is 9.87. The molecule has 1 unspecified atom stereocenters. The summed E-state index contributed by atoms with van der Waals surface area (Å²) < 4.78 is 22.0. The van der Waals surface area contributed by atoms with Crippen LogP contribution in [0.15, 0.2) is 24.3 Å². The molecule has 124 valence electrons. The van der Waals surface area contributed by atoms with E-state index in [9.17, 15) is 0 Å². The highest BCUT2D eigenvalue weighted by Crippen LogP contribution is 2.44. The average molecular weight is 337 g/mol. The maximum Gasteiger partial charge on any atom is 0.188 e. The summed E-state index contributed by atoms with van der Waals surface area (Å²) >= 11 is 6.41. The quantitative estimate of drug-likeness (QED) is 0.592. The molecule has 1 atom stereocenters. The zero-order chi connectivity index (χ0) is 16.2. The van der Waals surface area contributed by atoms with Crippen LogP contribution in [0, 0.1) is 0 Å². The Balaban J connectivity index is 2.21. The van der Waals surface area contributed by atoms with E-state index in [1.807, 2.05) is 24.3 Å². The molecule has 0 amide bonds. The minimum absolute atomic E-state index is 0.115. The van der Waals surface area contributed by atoms with Gasteiger partial charge in [0.2, 0.25) is 0 Å². The molecule has 0 aliphatic heterocycles. The van der Waals surface area contributed by atoms with Gasteiger partial charge in [-0.2, -0.15) is 0 Å². The first kappa shape index (κ1) is 16.4. The molecule has 3 rings (SSSR count). The van der Waals surface area contributed by atoms with Crippen LogP contribution in [-0.2, 0) is 22.3 Å². The molecule has 5 heteroatoms. The van der Waals surface area contributed by atoms with E-state index in [1.54, 1.807) is 14.2 Å². The van der Waals surface area contributed by atoms with Gasteiger partial charge in [-0.05, 0) is 19.3 Å². The molecule has 23 heavy (non-hydrogen) atoms. The molecule has 0 fully saturated rings. The molecule has 0 N–H and O–H groups in total. The number of fused-ring (bicyclic) bond motifs is 2. The van der Waals surface area contributed by atoms with Gasteiger partial charge >= 0.3 is 0 Å². The van der Waals surface area contributed by atoms with Gasteiger partial charge in [-0.25, -0.2) is 0 Å². The first-order chi connectivity index (χ1) is 11.3. The predicted octanol–water partition coefficient (Wildman–Crippen LogP) is 3.90. The van der Waals surface area contributed by atoms with Crippen LogP contribution in [0.2, 0.25) is 0 Å². The van der Waals surface area contributed by atoms with Crippen LogP contribution in [0.3, 0.4) is 0 Å². The fourth-order valence-electron chi connectivity index (χ4n) is 3.15. The molecule has 2 aromatic carbocycles. The van der Waals surface area contributed by atoms with Gasteiger partial charge in [0.15, 0.2) is 13.6 Å². The van der Waals surface area contributed by atoms with Crippen LogP contribution in [0.5, 0.6) is 11.5 Å². The van der Waals surface area contributed by atoms with E-state index < -0.39 is 0 Å². The van der Waals surface area contributed by atoms with Crippen LogP contribution >= 0.6 is 11.6 Å². The van der Waals surface area contributed by atoms with E-state index in [2.05, 4.69) is 0 Å². The maximum absolute atomic E-state index is 6.41. The molecule has 2 aromatic rings. The Bertz CT molecular complexity index is 686. The van der Waals surface area contributed by atoms with Gasteiger partial charge in [0.05, 0.1) is 0 Å². The number of methoxy groups -OCH3 is 2. The Labute approximate surface area is 141 Å². The zero-order valence-corrected chi connectivity index (χ0v) is 14.2. The van der Waals surface area contributed by atoms with Crippen molar-refractivity contribution >= 4 is 22.4 Å². The van der Waals surface area contributed by atoms with Crippen molar-refractivity contribution < 1.29 is 18.9 Å². The normalized spacial score (nSPS) is 17.1. The lowest BCUT2D eigenvalue weighted by Crippen LogP contribution is -2.18. The van der Waals surface area contributed by atoms with Gasteiger partial charge in [0.25, 0.3) is 0 Å². The minimum atomic E-state index is 0.115. The average Bonchev–Trinajstić information content (AvgIpc) is 2.58. The summed E-state index contributed by atoms with van der Waals surface area (Å²) in [6.45, 7) is 0.431. The SMILES string of the molecule is COCOc1c2c(c(OCOC)c3ccccc13)CC(Cl)CC2. The monoisotopic (exact) mass is 336 g/mol. The summed E-state index contributed by atoms with van der Waals surface area (Å²) in [4.78, 5) is 0. The number of hydrogen-bond donors (Lipinski definition) is 0. The molecule has 0 saturated heterocycles. The van der Waals surface area contributed by atoms with E-state index in [1.165, 1.54) is 5.56 Å². The van der Waals surface area contributed by atoms with Crippen molar-refractivity contribution in [2.75, 3.05) is 27.8 Å². The van der Waals surface area contributed by atoms with Gasteiger partial charge in [0.1, 0.15) is 11.5 Å². The van der Waals surface area contributed by atoms with E-state index in [0.29, 0.717) is 0 Å². The molecule has 4 nitrogen and oxygen atoms in total. The first-order valence-electron chi connectivity index (χ1n) is 7.70. The molecular weight excluding hydrogens is 316 g/mol. The second-order valence-electron chi connectivity index (χ2n) is 5.60. The highest BCUT2D eigenvalue weighted by Gasteiger charge is 2.27. The summed E-state index contributed by atoms with van der Waals surface area (Å²) in [7, 11) is 3.24. The third-order valence-corrected chi connectivity index (χ3v) is 4.48. The highest BCUT2D eigenvalue weighted by molar-refractivity contribution is 6.21. The van der Waals surface area contributed by atoms with Crippen LogP contribution in [0.25, 0.3) is 10.8 Å². The molecular formula is C18H21ClO4. The van der Waals surface area contributed by atoms with Gasteiger partial charge in [-0.1, -0.05) is 24.3 Å². The summed E-state index contributed by atoms with van der Waals surface area (Å²) in [5.41, 5.74) is 2.29. The molecule has 0 saturated carbocycles. The number of halogens is 1. The van der Waals surface area contributed by atoms with Gasteiger partial charge in [0, 0.05) is 41.5 Å². The number of rotatable bonds is 6. The summed E-state index contributed by atoms with van der Waals surface area (Å²) in [6, 6.07) is 8.09. The minimum Gasteiger partial charge on any atom is -0.467 e. The molecule has 0 bridgehead atoms. The topological polar surface area (TPSA) is 36.9 Å². The van der Waals surface area contributed by atoms with Crippen LogP contribution in [-0.4, -0.2) is 33.2 Å². The third kappa shape index (κ3) is 3.25. The fraction of sp³-hybridized carbons (Fsp3) is 0.444. The number of alkyl halides is 1. The first-order valence-corrected chi connectivity index (χ1v) is 8.14. The Morgan fingerprint density at radius 2 is 1.52 bits per heavy atom.